The Hall–Kier alpha value is -0.0800. The molecule has 2 N–H and O–H groups in total. The first-order valence-corrected chi connectivity index (χ1v) is 5.65. The molecule has 1 heterocycles. The molecule has 0 bridgehead atoms. The van der Waals surface area contributed by atoms with Gasteiger partial charge in [-0.15, -0.1) is 0 Å². The third kappa shape index (κ3) is 1.75. The van der Waals surface area contributed by atoms with Gasteiger partial charge in [0.15, 0.2) is 0 Å². The summed E-state index contributed by atoms with van der Waals surface area (Å²) in [6.45, 7) is 2.83. The molecule has 1 aliphatic carbocycles. The number of hydrogen-bond donors (Lipinski definition) is 1. The monoisotopic (exact) mass is 183 g/mol. The van der Waals surface area contributed by atoms with Crippen LogP contribution in [0, 0.1) is 11.3 Å². The predicted octanol–water partition coefficient (Wildman–Crippen LogP) is 1.93. The topological polar surface area (TPSA) is 35.2 Å². The van der Waals surface area contributed by atoms with E-state index in [1.165, 1.54) is 38.5 Å². The molecule has 0 aromatic rings. The minimum Gasteiger partial charge on any atom is -0.381 e. The molecule has 1 spiro atoms. The van der Waals surface area contributed by atoms with Crippen LogP contribution in [-0.4, -0.2) is 19.8 Å². The Morgan fingerprint density at radius 1 is 1.31 bits per heavy atom. The second-order valence-corrected chi connectivity index (χ2v) is 4.69. The van der Waals surface area contributed by atoms with E-state index in [0.717, 1.165) is 25.7 Å². The van der Waals surface area contributed by atoms with E-state index < -0.39 is 0 Å². The standard InChI is InChI=1S/C11H21NO/c12-7-3-10-4-8-13-9-11(10)5-1-2-6-11/h10H,1-9,12H2. The van der Waals surface area contributed by atoms with Gasteiger partial charge >= 0.3 is 0 Å². The van der Waals surface area contributed by atoms with Crippen LogP contribution in [0.3, 0.4) is 0 Å². The fourth-order valence-electron chi connectivity index (χ4n) is 3.21. The largest absolute Gasteiger partial charge is 0.381 e. The Morgan fingerprint density at radius 3 is 2.77 bits per heavy atom. The summed E-state index contributed by atoms with van der Waals surface area (Å²) in [5, 5.41) is 0. The summed E-state index contributed by atoms with van der Waals surface area (Å²) in [5.74, 6) is 0.855. The first-order chi connectivity index (χ1) is 6.37. The van der Waals surface area contributed by atoms with Gasteiger partial charge in [-0.3, -0.25) is 0 Å². The smallest absolute Gasteiger partial charge is 0.0525 e. The Balaban J connectivity index is 2.03. The van der Waals surface area contributed by atoms with Crippen LogP contribution in [-0.2, 0) is 4.74 Å². The Bertz CT molecular complexity index is 161. The average Bonchev–Trinajstić information content (AvgIpc) is 2.59. The molecular formula is C11H21NO. The maximum Gasteiger partial charge on any atom is 0.0525 e. The quantitative estimate of drug-likeness (QED) is 0.710. The van der Waals surface area contributed by atoms with Crippen molar-refractivity contribution in [3.63, 3.8) is 0 Å². The van der Waals surface area contributed by atoms with E-state index >= 15 is 0 Å². The molecule has 13 heavy (non-hydrogen) atoms. The molecule has 1 atom stereocenters. The van der Waals surface area contributed by atoms with E-state index in [1.807, 2.05) is 0 Å². The van der Waals surface area contributed by atoms with Crippen LogP contribution < -0.4 is 5.73 Å². The molecule has 0 amide bonds. The lowest BCUT2D eigenvalue weighted by Crippen LogP contribution is -2.39. The molecule has 2 aliphatic rings. The molecular weight excluding hydrogens is 162 g/mol. The molecule has 1 saturated carbocycles. The van der Waals surface area contributed by atoms with Crippen molar-refractivity contribution in [2.45, 2.75) is 38.5 Å². The van der Waals surface area contributed by atoms with Gasteiger partial charge in [-0.05, 0) is 43.6 Å². The molecule has 2 heteroatoms. The van der Waals surface area contributed by atoms with Gasteiger partial charge < -0.3 is 10.5 Å². The minimum atomic E-state index is 0.539. The van der Waals surface area contributed by atoms with Crippen molar-refractivity contribution >= 4 is 0 Å². The van der Waals surface area contributed by atoms with E-state index in [-0.39, 0.29) is 0 Å². The first-order valence-electron chi connectivity index (χ1n) is 5.65. The molecule has 1 unspecified atom stereocenters. The summed E-state index contributed by atoms with van der Waals surface area (Å²) < 4.78 is 5.64. The van der Waals surface area contributed by atoms with Crippen LogP contribution >= 0.6 is 0 Å². The van der Waals surface area contributed by atoms with Gasteiger partial charge in [-0.25, -0.2) is 0 Å². The van der Waals surface area contributed by atoms with Gasteiger partial charge in [-0.1, -0.05) is 12.8 Å². The fourth-order valence-corrected chi connectivity index (χ4v) is 3.21. The highest BCUT2D eigenvalue weighted by Crippen LogP contribution is 2.48. The lowest BCUT2D eigenvalue weighted by atomic mass is 9.70. The van der Waals surface area contributed by atoms with E-state index in [4.69, 9.17) is 10.5 Å². The van der Waals surface area contributed by atoms with E-state index in [0.29, 0.717) is 5.41 Å². The van der Waals surface area contributed by atoms with Gasteiger partial charge in [0.25, 0.3) is 0 Å². The minimum absolute atomic E-state index is 0.539. The lowest BCUT2D eigenvalue weighted by molar-refractivity contribution is -0.0505. The second kappa shape index (κ2) is 3.97. The zero-order valence-electron chi connectivity index (χ0n) is 8.43. The third-order valence-corrected chi connectivity index (χ3v) is 3.98. The van der Waals surface area contributed by atoms with Crippen molar-refractivity contribution in [1.82, 2.24) is 0 Å². The van der Waals surface area contributed by atoms with Gasteiger partial charge in [0, 0.05) is 6.61 Å². The Kier molecular flexibility index (Phi) is 2.89. The van der Waals surface area contributed by atoms with Crippen molar-refractivity contribution in [3.05, 3.63) is 0 Å². The Morgan fingerprint density at radius 2 is 2.08 bits per heavy atom. The Labute approximate surface area is 80.8 Å². The van der Waals surface area contributed by atoms with Crippen molar-refractivity contribution in [1.29, 1.82) is 0 Å². The number of hydrogen-bond acceptors (Lipinski definition) is 2. The zero-order chi connectivity index (χ0) is 9.15. The van der Waals surface area contributed by atoms with Crippen molar-refractivity contribution in [2.24, 2.45) is 17.1 Å². The van der Waals surface area contributed by atoms with Crippen LogP contribution in [0.1, 0.15) is 38.5 Å². The third-order valence-electron chi connectivity index (χ3n) is 3.98. The van der Waals surface area contributed by atoms with Crippen LogP contribution in [0.15, 0.2) is 0 Å². The number of ether oxygens (including phenoxy) is 1. The molecule has 0 aromatic carbocycles. The maximum absolute atomic E-state index is 5.67. The van der Waals surface area contributed by atoms with Gasteiger partial charge in [0.05, 0.1) is 6.61 Å². The lowest BCUT2D eigenvalue weighted by Gasteiger charge is -2.41. The highest BCUT2D eigenvalue weighted by Gasteiger charge is 2.42. The fraction of sp³-hybridized carbons (Fsp3) is 1.00. The van der Waals surface area contributed by atoms with Crippen LogP contribution in [0.4, 0.5) is 0 Å². The first kappa shape index (κ1) is 9.47. The summed E-state index contributed by atoms with van der Waals surface area (Å²) in [4.78, 5) is 0. The SMILES string of the molecule is NCCC1CCOCC12CCCC2. The summed E-state index contributed by atoms with van der Waals surface area (Å²) in [5.41, 5.74) is 6.21. The summed E-state index contributed by atoms with van der Waals surface area (Å²) in [6.07, 6.45) is 8.05. The molecule has 2 rings (SSSR count). The molecule has 2 fully saturated rings. The highest BCUT2D eigenvalue weighted by molar-refractivity contribution is 4.92. The van der Waals surface area contributed by atoms with Crippen molar-refractivity contribution in [3.8, 4) is 0 Å². The summed E-state index contributed by atoms with van der Waals surface area (Å²) in [7, 11) is 0. The van der Waals surface area contributed by atoms with Gasteiger partial charge in [0.2, 0.25) is 0 Å². The predicted molar refractivity (Wildman–Crippen MR) is 53.5 cm³/mol. The summed E-state index contributed by atoms with van der Waals surface area (Å²) >= 11 is 0. The molecule has 1 saturated heterocycles. The van der Waals surface area contributed by atoms with Crippen molar-refractivity contribution < 1.29 is 4.74 Å². The zero-order valence-corrected chi connectivity index (χ0v) is 8.43. The molecule has 1 aliphatic heterocycles. The van der Waals surface area contributed by atoms with Crippen LogP contribution in [0.25, 0.3) is 0 Å². The molecule has 2 nitrogen and oxygen atoms in total. The van der Waals surface area contributed by atoms with E-state index in [9.17, 15) is 0 Å². The van der Waals surface area contributed by atoms with Crippen LogP contribution in [0.5, 0.6) is 0 Å². The van der Waals surface area contributed by atoms with Crippen LogP contribution in [0.2, 0.25) is 0 Å². The number of rotatable bonds is 2. The molecule has 0 aromatic heterocycles. The van der Waals surface area contributed by atoms with Gasteiger partial charge in [0.1, 0.15) is 0 Å². The second-order valence-electron chi connectivity index (χ2n) is 4.69. The van der Waals surface area contributed by atoms with E-state index in [2.05, 4.69) is 0 Å². The normalized spacial score (nSPS) is 32.5. The van der Waals surface area contributed by atoms with Gasteiger partial charge in [-0.2, -0.15) is 0 Å². The van der Waals surface area contributed by atoms with Crippen molar-refractivity contribution in [2.75, 3.05) is 19.8 Å². The highest BCUT2D eigenvalue weighted by atomic mass is 16.5. The number of nitrogens with two attached hydrogens (primary N) is 1. The van der Waals surface area contributed by atoms with E-state index in [1.54, 1.807) is 0 Å². The maximum atomic E-state index is 5.67. The molecule has 76 valence electrons. The summed E-state index contributed by atoms with van der Waals surface area (Å²) in [6, 6.07) is 0. The molecule has 0 radical (unpaired) electrons. The average molecular weight is 183 g/mol.